The van der Waals surface area contributed by atoms with Crippen LogP contribution in [-0.4, -0.2) is 25.8 Å². The van der Waals surface area contributed by atoms with Crippen molar-refractivity contribution in [3.63, 3.8) is 0 Å². The summed E-state index contributed by atoms with van der Waals surface area (Å²) in [5.74, 6) is 0.792. The van der Waals surface area contributed by atoms with Gasteiger partial charge in [0.25, 0.3) is 0 Å². The molecule has 1 aliphatic rings. The second kappa shape index (κ2) is 9.50. The molecule has 1 aliphatic heterocycles. The number of ether oxygens (including phenoxy) is 2. The van der Waals surface area contributed by atoms with Crippen LogP contribution in [0, 0.1) is 18.6 Å². The highest BCUT2D eigenvalue weighted by atomic mass is 19.1. The number of hydrogen-bond acceptors (Lipinski definition) is 3. The van der Waals surface area contributed by atoms with E-state index in [0.29, 0.717) is 49.9 Å². The summed E-state index contributed by atoms with van der Waals surface area (Å²) in [5.41, 5.74) is 2.93. The van der Waals surface area contributed by atoms with Gasteiger partial charge in [0, 0.05) is 18.7 Å². The molecule has 0 fully saturated rings. The van der Waals surface area contributed by atoms with Crippen LogP contribution in [0.4, 0.5) is 8.78 Å². The molecular formula is C21H25F2N3O2. The van der Waals surface area contributed by atoms with Gasteiger partial charge in [0.2, 0.25) is 0 Å². The first-order valence-electron chi connectivity index (χ1n) is 9.36. The van der Waals surface area contributed by atoms with Crippen LogP contribution in [-0.2, 0) is 24.3 Å². The van der Waals surface area contributed by atoms with E-state index in [1.807, 2.05) is 13.0 Å². The SMILES string of the molecule is CCNC(=NCc1ccc(C)c(F)c1)NCCc1cc(F)cc2c1OCOC2. The maximum Gasteiger partial charge on any atom is 0.191 e. The minimum atomic E-state index is -0.301. The molecule has 0 saturated carbocycles. The van der Waals surface area contributed by atoms with E-state index < -0.39 is 0 Å². The Morgan fingerprint density at radius 2 is 2.04 bits per heavy atom. The number of halogens is 2. The molecule has 0 aromatic heterocycles. The second-order valence-electron chi connectivity index (χ2n) is 6.62. The topological polar surface area (TPSA) is 54.9 Å². The highest BCUT2D eigenvalue weighted by Crippen LogP contribution is 2.29. The summed E-state index contributed by atoms with van der Waals surface area (Å²) in [6, 6.07) is 8.05. The number of hydrogen-bond donors (Lipinski definition) is 2. The summed E-state index contributed by atoms with van der Waals surface area (Å²) in [4.78, 5) is 4.49. The van der Waals surface area contributed by atoms with E-state index >= 15 is 0 Å². The van der Waals surface area contributed by atoms with Gasteiger partial charge in [0.15, 0.2) is 12.8 Å². The maximum absolute atomic E-state index is 13.8. The number of nitrogens with zero attached hydrogens (tertiary/aromatic N) is 1. The van der Waals surface area contributed by atoms with Gasteiger partial charge in [-0.25, -0.2) is 13.8 Å². The zero-order valence-electron chi connectivity index (χ0n) is 16.1. The molecule has 5 nitrogen and oxygen atoms in total. The molecule has 2 aromatic carbocycles. The predicted molar refractivity (Wildman–Crippen MR) is 104 cm³/mol. The molecule has 0 unspecified atom stereocenters. The fourth-order valence-corrected chi connectivity index (χ4v) is 3.00. The summed E-state index contributed by atoms with van der Waals surface area (Å²) >= 11 is 0. The Balaban J connectivity index is 1.62. The highest BCUT2D eigenvalue weighted by molar-refractivity contribution is 5.79. The molecule has 2 aromatic rings. The number of nitrogens with one attached hydrogen (secondary N) is 2. The molecule has 0 radical (unpaired) electrons. The Bertz CT molecular complexity index is 856. The van der Waals surface area contributed by atoms with Gasteiger partial charge in [-0.3, -0.25) is 0 Å². The van der Waals surface area contributed by atoms with Gasteiger partial charge in [-0.05, 0) is 55.2 Å². The van der Waals surface area contributed by atoms with Gasteiger partial charge in [0.05, 0.1) is 13.2 Å². The van der Waals surface area contributed by atoms with Gasteiger partial charge in [0.1, 0.15) is 17.4 Å². The first kappa shape index (κ1) is 20.1. The third-order valence-electron chi connectivity index (χ3n) is 4.44. The van der Waals surface area contributed by atoms with E-state index in [4.69, 9.17) is 9.47 Å². The van der Waals surface area contributed by atoms with Crippen LogP contribution in [0.2, 0.25) is 0 Å². The molecule has 1 heterocycles. The number of aryl methyl sites for hydroxylation is 1. The molecular weight excluding hydrogens is 364 g/mol. The van der Waals surface area contributed by atoms with Crippen LogP contribution < -0.4 is 15.4 Å². The van der Waals surface area contributed by atoms with Crippen molar-refractivity contribution < 1.29 is 18.3 Å². The average molecular weight is 389 g/mol. The Morgan fingerprint density at radius 3 is 2.82 bits per heavy atom. The fourth-order valence-electron chi connectivity index (χ4n) is 3.00. The molecule has 3 rings (SSSR count). The summed E-state index contributed by atoms with van der Waals surface area (Å²) in [7, 11) is 0. The molecule has 7 heteroatoms. The first-order valence-corrected chi connectivity index (χ1v) is 9.36. The van der Waals surface area contributed by atoms with Gasteiger partial charge < -0.3 is 20.1 Å². The van der Waals surface area contributed by atoms with Gasteiger partial charge in [-0.15, -0.1) is 0 Å². The van der Waals surface area contributed by atoms with Gasteiger partial charge in [-0.1, -0.05) is 12.1 Å². The van der Waals surface area contributed by atoms with Crippen LogP contribution >= 0.6 is 0 Å². The Morgan fingerprint density at radius 1 is 1.18 bits per heavy atom. The van der Waals surface area contributed by atoms with Crippen LogP contribution in [0.15, 0.2) is 35.3 Å². The molecule has 28 heavy (non-hydrogen) atoms. The lowest BCUT2D eigenvalue weighted by atomic mass is 10.1. The minimum absolute atomic E-state index is 0.177. The summed E-state index contributed by atoms with van der Waals surface area (Å²) < 4.78 is 38.3. The molecule has 0 saturated heterocycles. The van der Waals surface area contributed by atoms with Crippen molar-refractivity contribution in [3.8, 4) is 5.75 Å². The fraction of sp³-hybridized carbons (Fsp3) is 0.381. The van der Waals surface area contributed by atoms with Crippen LogP contribution in [0.5, 0.6) is 5.75 Å². The van der Waals surface area contributed by atoms with Crippen molar-refractivity contribution in [2.75, 3.05) is 19.9 Å². The zero-order chi connectivity index (χ0) is 19.9. The van der Waals surface area contributed by atoms with E-state index in [-0.39, 0.29) is 18.4 Å². The molecule has 150 valence electrons. The Kier molecular flexibility index (Phi) is 6.81. The van der Waals surface area contributed by atoms with Crippen molar-refractivity contribution in [1.29, 1.82) is 0 Å². The molecule has 0 aliphatic carbocycles. The molecule has 0 atom stereocenters. The number of aliphatic imine (C=N–C) groups is 1. The highest BCUT2D eigenvalue weighted by Gasteiger charge is 2.16. The average Bonchev–Trinajstić information content (AvgIpc) is 2.68. The van der Waals surface area contributed by atoms with E-state index in [2.05, 4.69) is 15.6 Å². The second-order valence-corrected chi connectivity index (χ2v) is 6.62. The normalized spacial score (nSPS) is 13.6. The quantitative estimate of drug-likeness (QED) is 0.587. The van der Waals surface area contributed by atoms with E-state index in [0.717, 1.165) is 16.7 Å². The van der Waals surface area contributed by atoms with Crippen molar-refractivity contribution in [2.24, 2.45) is 4.99 Å². The van der Waals surface area contributed by atoms with E-state index in [1.165, 1.54) is 18.2 Å². The lowest BCUT2D eigenvalue weighted by Gasteiger charge is -2.21. The molecule has 0 bridgehead atoms. The van der Waals surface area contributed by atoms with E-state index in [9.17, 15) is 8.78 Å². The van der Waals surface area contributed by atoms with Crippen LogP contribution in [0.1, 0.15) is 29.2 Å². The number of fused-ring (bicyclic) bond motifs is 1. The summed E-state index contributed by atoms with van der Waals surface area (Å²) in [6.45, 7) is 5.84. The van der Waals surface area contributed by atoms with Crippen LogP contribution in [0.25, 0.3) is 0 Å². The first-order chi connectivity index (χ1) is 13.6. The molecule has 2 N–H and O–H groups in total. The maximum atomic E-state index is 13.8. The minimum Gasteiger partial charge on any atom is -0.467 e. The summed E-state index contributed by atoms with van der Waals surface area (Å²) in [5, 5.41) is 6.39. The van der Waals surface area contributed by atoms with Crippen molar-refractivity contribution in [1.82, 2.24) is 10.6 Å². The standard InChI is InChI=1S/C21H25F2N3O2/c1-3-24-21(26-11-15-5-4-14(2)19(23)8-15)25-7-6-16-9-18(22)10-17-12-27-13-28-20(16)17/h4-5,8-10H,3,6-7,11-13H2,1-2H3,(H2,24,25,26). The lowest BCUT2D eigenvalue weighted by molar-refractivity contribution is -0.0172. The van der Waals surface area contributed by atoms with E-state index in [1.54, 1.807) is 13.0 Å². The lowest BCUT2D eigenvalue weighted by Crippen LogP contribution is -2.38. The Labute approximate surface area is 163 Å². The van der Waals surface area contributed by atoms with Crippen molar-refractivity contribution in [3.05, 3.63) is 64.2 Å². The van der Waals surface area contributed by atoms with Gasteiger partial charge in [-0.2, -0.15) is 0 Å². The van der Waals surface area contributed by atoms with Crippen LogP contribution in [0.3, 0.4) is 0 Å². The monoisotopic (exact) mass is 389 g/mol. The largest absolute Gasteiger partial charge is 0.467 e. The number of guanidine groups is 1. The van der Waals surface area contributed by atoms with Crippen molar-refractivity contribution in [2.45, 2.75) is 33.4 Å². The smallest absolute Gasteiger partial charge is 0.191 e. The molecule has 0 spiro atoms. The Hall–Kier alpha value is -2.67. The third-order valence-corrected chi connectivity index (χ3v) is 4.44. The number of rotatable bonds is 6. The number of benzene rings is 2. The zero-order valence-corrected chi connectivity index (χ0v) is 16.1. The summed E-state index contributed by atoms with van der Waals surface area (Å²) in [6.07, 6.45) is 0.573. The van der Waals surface area contributed by atoms with Gasteiger partial charge >= 0.3 is 0 Å². The van der Waals surface area contributed by atoms with Crippen molar-refractivity contribution >= 4 is 5.96 Å². The third kappa shape index (κ3) is 5.19. The predicted octanol–water partition coefficient (Wildman–Crippen LogP) is 3.44. The molecule has 0 amide bonds.